The maximum Gasteiger partial charge on any atom is 0.138 e. The molecule has 0 atom stereocenters. The minimum atomic E-state index is 0.542. The highest BCUT2D eigenvalue weighted by Gasteiger charge is 2.09. The number of methoxy groups -OCH3 is 2. The average molecular weight is 264 g/mol. The van der Waals surface area contributed by atoms with Gasteiger partial charge in [0.1, 0.15) is 5.75 Å². The lowest BCUT2D eigenvalue weighted by Crippen LogP contribution is -2.20. The highest BCUT2D eigenvalue weighted by atomic mass is 35.5. The number of benzene rings is 1. The maximum atomic E-state index is 6.12. The lowest BCUT2D eigenvalue weighted by molar-refractivity contribution is 0.0771. The van der Waals surface area contributed by atoms with Crippen molar-refractivity contribution in [2.45, 2.75) is 6.54 Å². The summed E-state index contributed by atoms with van der Waals surface area (Å²) >= 11 is 12.1. The van der Waals surface area contributed by atoms with E-state index in [0.29, 0.717) is 29.1 Å². The molecule has 90 valence electrons. The molecule has 5 heteroatoms. The van der Waals surface area contributed by atoms with E-state index in [0.717, 1.165) is 5.56 Å². The highest BCUT2D eigenvalue weighted by molar-refractivity contribution is 6.34. The fraction of sp³-hybridized carbons (Fsp3) is 0.455. The Bertz CT molecular complexity index is 358. The summed E-state index contributed by atoms with van der Waals surface area (Å²) in [4.78, 5) is 1.99. The first-order valence-corrected chi connectivity index (χ1v) is 5.53. The molecule has 0 fully saturated rings. The van der Waals surface area contributed by atoms with E-state index in [2.05, 4.69) is 0 Å². The minimum Gasteiger partial charge on any atom is -0.495 e. The number of hydrogen-bond acceptors (Lipinski definition) is 3. The molecule has 0 spiro atoms. The summed E-state index contributed by atoms with van der Waals surface area (Å²) in [5, 5.41) is 1.21. The molecule has 0 heterocycles. The Kier molecular flexibility index (Phi) is 5.35. The molecular formula is C11H15Cl2NO2. The van der Waals surface area contributed by atoms with E-state index in [1.165, 1.54) is 0 Å². The summed E-state index contributed by atoms with van der Waals surface area (Å²) in [6, 6.07) is 3.54. The van der Waals surface area contributed by atoms with Gasteiger partial charge in [-0.15, -0.1) is 0 Å². The molecule has 0 unspecified atom stereocenters. The predicted octanol–water partition coefficient (Wildman–Crippen LogP) is 3.04. The second kappa shape index (κ2) is 6.30. The van der Waals surface area contributed by atoms with Crippen molar-refractivity contribution < 1.29 is 9.47 Å². The van der Waals surface area contributed by atoms with Crippen molar-refractivity contribution in [3.63, 3.8) is 0 Å². The summed E-state index contributed by atoms with van der Waals surface area (Å²) < 4.78 is 10.1. The van der Waals surface area contributed by atoms with Crippen LogP contribution >= 0.6 is 23.2 Å². The largest absolute Gasteiger partial charge is 0.495 e. The van der Waals surface area contributed by atoms with Crippen molar-refractivity contribution in [3.8, 4) is 5.75 Å². The number of ether oxygens (including phenoxy) is 2. The molecule has 16 heavy (non-hydrogen) atoms. The van der Waals surface area contributed by atoms with Crippen LogP contribution in [0.4, 0.5) is 0 Å². The van der Waals surface area contributed by atoms with Gasteiger partial charge in [-0.2, -0.15) is 0 Å². The summed E-state index contributed by atoms with van der Waals surface area (Å²) in [5.74, 6) is 0.588. The van der Waals surface area contributed by atoms with E-state index in [9.17, 15) is 0 Å². The Morgan fingerprint density at radius 3 is 2.44 bits per heavy atom. The van der Waals surface area contributed by atoms with Crippen molar-refractivity contribution in [3.05, 3.63) is 27.7 Å². The van der Waals surface area contributed by atoms with Gasteiger partial charge in [0.25, 0.3) is 0 Å². The van der Waals surface area contributed by atoms with E-state index < -0.39 is 0 Å². The highest BCUT2D eigenvalue weighted by Crippen LogP contribution is 2.31. The van der Waals surface area contributed by atoms with Crippen molar-refractivity contribution in [1.29, 1.82) is 0 Å². The van der Waals surface area contributed by atoms with Crippen LogP contribution in [0.1, 0.15) is 5.56 Å². The third kappa shape index (κ3) is 3.52. The van der Waals surface area contributed by atoms with Crippen molar-refractivity contribution in [1.82, 2.24) is 4.90 Å². The molecule has 0 amide bonds. The molecular weight excluding hydrogens is 249 g/mol. The van der Waals surface area contributed by atoms with Crippen LogP contribution in [-0.2, 0) is 11.3 Å². The Morgan fingerprint density at radius 1 is 1.19 bits per heavy atom. The molecule has 0 aromatic heterocycles. The molecule has 0 saturated heterocycles. The molecule has 0 aliphatic rings. The first-order valence-electron chi connectivity index (χ1n) is 4.78. The zero-order valence-electron chi connectivity index (χ0n) is 9.59. The molecule has 1 aromatic rings. The third-order valence-electron chi connectivity index (χ3n) is 2.11. The van der Waals surface area contributed by atoms with Crippen molar-refractivity contribution >= 4 is 23.2 Å². The van der Waals surface area contributed by atoms with Crippen LogP contribution in [-0.4, -0.2) is 32.9 Å². The lowest BCUT2D eigenvalue weighted by atomic mass is 10.2. The van der Waals surface area contributed by atoms with Crippen LogP contribution in [0, 0.1) is 0 Å². The molecule has 0 aliphatic heterocycles. The van der Waals surface area contributed by atoms with Gasteiger partial charge in [0.2, 0.25) is 0 Å². The molecule has 0 aliphatic carbocycles. The standard InChI is InChI=1S/C11H15Cl2NO2/c1-14(7-15-2)6-8-4-10(13)11(16-3)5-9(8)12/h4-5H,6-7H2,1-3H3. The lowest BCUT2D eigenvalue weighted by Gasteiger charge is -2.17. The number of rotatable bonds is 5. The Labute approximate surface area is 106 Å². The summed E-state index contributed by atoms with van der Waals surface area (Å²) in [5.41, 5.74) is 0.951. The van der Waals surface area contributed by atoms with Crippen LogP contribution in [0.2, 0.25) is 10.0 Å². The van der Waals surface area contributed by atoms with Gasteiger partial charge in [-0.05, 0) is 18.7 Å². The van der Waals surface area contributed by atoms with Gasteiger partial charge in [0, 0.05) is 24.7 Å². The third-order valence-corrected chi connectivity index (χ3v) is 2.76. The van der Waals surface area contributed by atoms with E-state index in [1.807, 2.05) is 18.0 Å². The van der Waals surface area contributed by atoms with E-state index >= 15 is 0 Å². The summed E-state index contributed by atoms with van der Waals surface area (Å²) in [7, 11) is 5.16. The van der Waals surface area contributed by atoms with Crippen LogP contribution in [0.15, 0.2) is 12.1 Å². The Morgan fingerprint density at radius 2 is 1.88 bits per heavy atom. The first kappa shape index (κ1) is 13.6. The van der Waals surface area contributed by atoms with Crippen molar-refractivity contribution in [2.75, 3.05) is 28.0 Å². The molecule has 1 rings (SSSR count). The summed E-state index contributed by atoms with van der Waals surface area (Å²) in [6.45, 7) is 1.22. The Hall–Kier alpha value is -0.480. The predicted molar refractivity (Wildman–Crippen MR) is 66.4 cm³/mol. The molecule has 1 aromatic carbocycles. The zero-order valence-corrected chi connectivity index (χ0v) is 11.1. The van der Waals surface area contributed by atoms with Crippen LogP contribution in [0.5, 0.6) is 5.75 Å². The topological polar surface area (TPSA) is 21.7 Å². The average Bonchev–Trinajstić information content (AvgIpc) is 2.23. The van der Waals surface area contributed by atoms with E-state index in [-0.39, 0.29) is 0 Å². The SMILES string of the molecule is COCN(C)Cc1cc(Cl)c(OC)cc1Cl. The van der Waals surface area contributed by atoms with Crippen LogP contribution in [0.25, 0.3) is 0 Å². The summed E-state index contributed by atoms with van der Waals surface area (Å²) in [6.07, 6.45) is 0. The smallest absolute Gasteiger partial charge is 0.138 e. The monoisotopic (exact) mass is 263 g/mol. The van der Waals surface area contributed by atoms with Gasteiger partial charge >= 0.3 is 0 Å². The van der Waals surface area contributed by atoms with Gasteiger partial charge < -0.3 is 9.47 Å². The van der Waals surface area contributed by atoms with Gasteiger partial charge in [0.15, 0.2) is 0 Å². The van der Waals surface area contributed by atoms with Crippen LogP contribution in [0.3, 0.4) is 0 Å². The molecule has 0 radical (unpaired) electrons. The quantitative estimate of drug-likeness (QED) is 0.763. The van der Waals surface area contributed by atoms with Gasteiger partial charge in [-0.3, -0.25) is 4.90 Å². The second-order valence-corrected chi connectivity index (χ2v) is 4.32. The minimum absolute atomic E-state index is 0.542. The van der Waals surface area contributed by atoms with E-state index in [1.54, 1.807) is 20.3 Å². The zero-order chi connectivity index (χ0) is 12.1. The molecule has 0 N–H and O–H groups in total. The first-order chi connectivity index (χ1) is 7.58. The fourth-order valence-corrected chi connectivity index (χ4v) is 1.88. The second-order valence-electron chi connectivity index (χ2n) is 3.51. The maximum absolute atomic E-state index is 6.12. The number of halogens is 2. The van der Waals surface area contributed by atoms with Gasteiger partial charge in [0.05, 0.1) is 18.9 Å². The number of hydrogen-bond donors (Lipinski definition) is 0. The van der Waals surface area contributed by atoms with Gasteiger partial charge in [-0.25, -0.2) is 0 Å². The molecule has 0 bridgehead atoms. The molecule has 0 saturated carbocycles. The van der Waals surface area contributed by atoms with Crippen LogP contribution < -0.4 is 4.74 Å². The number of nitrogens with zero attached hydrogens (tertiary/aromatic N) is 1. The van der Waals surface area contributed by atoms with Gasteiger partial charge in [-0.1, -0.05) is 23.2 Å². The van der Waals surface area contributed by atoms with Crippen molar-refractivity contribution in [2.24, 2.45) is 0 Å². The fourth-order valence-electron chi connectivity index (χ4n) is 1.40. The van der Waals surface area contributed by atoms with E-state index in [4.69, 9.17) is 32.7 Å². The molecule has 3 nitrogen and oxygen atoms in total. The normalized spacial score (nSPS) is 10.9. The Balaban J connectivity index is 2.85.